The third-order valence-corrected chi connectivity index (χ3v) is 3.38. The predicted octanol–water partition coefficient (Wildman–Crippen LogP) is 0.410. The zero-order valence-corrected chi connectivity index (χ0v) is 11.2. The van der Waals surface area contributed by atoms with Gasteiger partial charge in [0.05, 0.1) is 13.2 Å². The number of hydrogen-bond donors (Lipinski definition) is 2. The standard InChI is InChI=1S/C14H18N2O4/c17-13(6-11-8-18-5-4-15-11)16-7-10-2-1-3-12-14(10)20-9-19-12/h1-3,11,15H,4-9H2,(H,16,17). The van der Waals surface area contributed by atoms with Gasteiger partial charge in [0.2, 0.25) is 12.7 Å². The van der Waals surface area contributed by atoms with Crippen molar-refractivity contribution in [2.24, 2.45) is 0 Å². The number of benzene rings is 1. The maximum absolute atomic E-state index is 11.9. The first kappa shape index (κ1) is 13.2. The molecule has 1 atom stereocenters. The van der Waals surface area contributed by atoms with Crippen molar-refractivity contribution in [1.29, 1.82) is 0 Å². The second-order valence-corrected chi connectivity index (χ2v) is 4.86. The van der Waals surface area contributed by atoms with Crippen LogP contribution in [0, 0.1) is 0 Å². The van der Waals surface area contributed by atoms with E-state index >= 15 is 0 Å². The molecule has 2 aliphatic heterocycles. The Morgan fingerprint density at radius 2 is 2.35 bits per heavy atom. The highest BCUT2D eigenvalue weighted by Crippen LogP contribution is 2.35. The summed E-state index contributed by atoms with van der Waals surface area (Å²) in [4.78, 5) is 11.9. The summed E-state index contributed by atoms with van der Waals surface area (Å²) >= 11 is 0. The smallest absolute Gasteiger partial charge is 0.231 e. The molecule has 6 heteroatoms. The van der Waals surface area contributed by atoms with Crippen LogP contribution in [-0.2, 0) is 16.1 Å². The maximum atomic E-state index is 11.9. The summed E-state index contributed by atoms with van der Waals surface area (Å²) in [6, 6.07) is 5.78. The van der Waals surface area contributed by atoms with Gasteiger partial charge < -0.3 is 24.8 Å². The van der Waals surface area contributed by atoms with E-state index in [0.717, 1.165) is 23.6 Å². The van der Waals surface area contributed by atoms with Gasteiger partial charge >= 0.3 is 0 Å². The van der Waals surface area contributed by atoms with E-state index in [-0.39, 0.29) is 18.7 Å². The molecule has 2 heterocycles. The van der Waals surface area contributed by atoms with Crippen molar-refractivity contribution in [2.75, 3.05) is 26.6 Å². The molecule has 0 bridgehead atoms. The molecule has 1 unspecified atom stereocenters. The summed E-state index contributed by atoms with van der Waals surface area (Å²) in [5, 5.41) is 6.17. The number of carbonyl (C=O) groups is 1. The molecule has 1 aromatic rings. The van der Waals surface area contributed by atoms with Gasteiger partial charge in [-0.2, -0.15) is 0 Å². The number of carbonyl (C=O) groups excluding carboxylic acids is 1. The van der Waals surface area contributed by atoms with E-state index in [1.54, 1.807) is 0 Å². The van der Waals surface area contributed by atoms with Crippen LogP contribution in [0.5, 0.6) is 11.5 Å². The minimum absolute atomic E-state index is 0.00418. The van der Waals surface area contributed by atoms with Crippen LogP contribution in [-0.4, -0.2) is 38.5 Å². The predicted molar refractivity (Wildman–Crippen MR) is 71.6 cm³/mol. The largest absolute Gasteiger partial charge is 0.454 e. The zero-order chi connectivity index (χ0) is 13.8. The molecule has 2 aliphatic rings. The van der Waals surface area contributed by atoms with E-state index < -0.39 is 0 Å². The van der Waals surface area contributed by atoms with Gasteiger partial charge in [-0.1, -0.05) is 12.1 Å². The summed E-state index contributed by atoms with van der Waals surface area (Å²) in [5.41, 5.74) is 0.932. The molecule has 0 aliphatic carbocycles. The van der Waals surface area contributed by atoms with Crippen LogP contribution in [0.2, 0.25) is 0 Å². The number of nitrogens with one attached hydrogen (secondary N) is 2. The van der Waals surface area contributed by atoms with E-state index in [0.29, 0.717) is 26.2 Å². The molecule has 20 heavy (non-hydrogen) atoms. The topological polar surface area (TPSA) is 68.8 Å². The van der Waals surface area contributed by atoms with E-state index in [1.807, 2.05) is 18.2 Å². The Bertz CT molecular complexity index is 486. The molecule has 1 amide bonds. The fourth-order valence-corrected chi connectivity index (χ4v) is 2.37. The molecular weight excluding hydrogens is 260 g/mol. The highest BCUT2D eigenvalue weighted by Gasteiger charge is 2.19. The Balaban J connectivity index is 1.51. The number of morpholine rings is 1. The highest BCUT2D eigenvalue weighted by molar-refractivity contribution is 5.76. The molecule has 1 saturated heterocycles. The van der Waals surface area contributed by atoms with Crippen molar-refractivity contribution in [1.82, 2.24) is 10.6 Å². The summed E-state index contributed by atoms with van der Waals surface area (Å²) in [7, 11) is 0. The third kappa shape index (κ3) is 3.02. The Labute approximate surface area is 117 Å². The van der Waals surface area contributed by atoms with Gasteiger partial charge in [0, 0.05) is 31.1 Å². The van der Waals surface area contributed by atoms with Crippen LogP contribution in [0.15, 0.2) is 18.2 Å². The average molecular weight is 278 g/mol. The van der Waals surface area contributed by atoms with Crippen molar-refractivity contribution in [3.8, 4) is 11.5 Å². The average Bonchev–Trinajstić information content (AvgIpc) is 2.95. The minimum atomic E-state index is 0.00418. The minimum Gasteiger partial charge on any atom is -0.454 e. The Morgan fingerprint density at radius 1 is 1.40 bits per heavy atom. The van der Waals surface area contributed by atoms with E-state index in [2.05, 4.69) is 10.6 Å². The second kappa shape index (κ2) is 6.11. The van der Waals surface area contributed by atoms with Gasteiger partial charge in [-0.25, -0.2) is 0 Å². The summed E-state index contributed by atoms with van der Waals surface area (Å²) in [6.45, 7) is 2.79. The normalized spacial score (nSPS) is 20.7. The molecule has 1 fully saturated rings. The van der Waals surface area contributed by atoms with Crippen molar-refractivity contribution in [3.63, 3.8) is 0 Å². The zero-order valence-electron chi connectivity index (χ0n) is 11.2. The fourth-order valence-electron chi connectivity index (χ4n) is 2.37. The number of hydrogen-bond acceptors (Lipinski definition) is 5. The second-order valence-electron chi connectivity index (χ2n) is 4.86. The van der Waals surface area contributed by atoms with Crippen molar-refractivity contribution in [3.05, 3.63) is 23.8 Å². The summed E-state index contributed by atoms with van der Waals surface area (Å²) in [6.07, 6.45) is 0.423. The lowest BCUT2D eigenvalue weighted by Gasteiger charge is -2.23. The molecule has 0 spiro atoms. The highest BCUT2D eigenvalue weighted by atomic mass is 16.7. The van der Waals surface area contributed by atoms with Crippen LogP contribution in [0.4, 0.5) is 0 Å². The number of fused-ring (bicyclic) bond motifs is 1. The van der Waals surface area contributed by atoms with Crippen molar-refractivity contribution >= 4 is 5.91 Å². The SMILES string of the molecule is O=C(CC1COCCN1)NCc1cccc2c1OCO2. The van der Waals surface area contributed by atoms with E-state index in [4.69, 9.17) is 14.2 Å². The van der Waals surface area contributed by atoms with Gasteiger partial charge in [0.15, 0.2) is 11.5 Å². The summed E-state index contributed by atoms with van der Waals surface area (Å²) in [5.74, 6) is 1.47. The van der Waals surface area contributed by atoms with Gasteiger partial charge in [-0.15, -0.1) is 0 Å². The van der Waals surface area contributed by atoms with Gasteiger partial charge in [-0.05, 0) is 6.07 Å². The lowest BCUT2D eigenvalue weighted by Crippen LogP contribution is -2.44. The Kier molecular flexibility index (Phi) is 4.03. The molecule has 3 rings (SSSR count). The lowest BCUT2D eigenvalue weighted by atomic mass is 10.1. The van der Waals surface area contributed by atoms with Crippen molar-refractivity contribution < 1.29 is 19.0 Å². The number of para-hydroxylation sites is 1. The Hall–Kier alpha value is -1.79. The molecule has 0 saturated carbocycles. The lowest BCUT2D eigenvalue weighted by molar-refractivity contribution is -0.122. The van der Waals surface area contributed by atoms with Crippen LogP contribution in [0.1, 0.15) is 12.0 Å². The van der Waals surface area contributed by atoms with E-state index in [1.165, 1.54) is 0 Å². The first-order valence-electron chi connectivity index (χ1n) is 6.78. The first-order chi connectivity index (χ1) is 9.83. The maximum Gasteiger partial charge on any atom is 0.231 e. The molecular formula is C14H18N2O4. The molecule has 0 aromatic heterocycles. The number of ether oxygens (including phenoxy) is 3. The van der Waals surface area contributed by atoms with E-state index in [9.17, 15) is 4.79 Å². The van der Waals surface area contributed by atoms with Gasteiger partial charge in [0.1, 0.15) is 0 Å². The monoisotopic (exact) mass is 278 g/mol. The molecule has 6 nitrogen and oxygen atoms in total. The third-order valence-electron chi connectivity index (χ3n) is 3.38. The van der Waals surface area contributed by atoms with Crippen molar-refractivity contribution in [2.45, 2.75) is 19.0 Å². The summed E-state index contributed by atoms with van der Waals surface area (Å²) < 4.78 is 16.0. The molecule has 1 aromatic carbocycles. The molecule has 108 valence electrons. The molecule has 0 radical (unpaired) electrons. The van der Waals surface area contributed by atoms with Gasteiger partial charge in [-0.3, -0.25) is 4.79 Å². The number of rotatable bonds is 4. The van der Waals surface area contributed by atoms with Crippen LogP contribution in [0.25, 0.3) is 0 Å². The first-order valence-corrected chi connectivity index (χ1v) is 6.78. The van der Waals surface area contributed by atoms with Gasteiger partial charge in [0.25, 0.3) is 0 Å². The van der Waals surface area contributed by atoms with Crippen LogP contribution >= 0.6 is 0 Å². The van der Waals surface area contributed by atoms with Crippen LogP contribution in [0.3, 0.4) is 0 Å². The number of amides is 1. The fraction of sp³-hybridized carbons (Fsp3) is 0.500. The molecule has 2 N–H and O–H groups in total. The quantitative estimate of drug-likeness (QED) is 0.835. The Morgan fingerprint density at radius 3 is 3.20 bits per heavy atom. The van der Waals surface area contributed by atoms with Crippen LogP contribution < -0.4 is 20.1 Å².